The molecule has 0 spiro atoms. The first-order valence-electron chi connectivity index (χ1n) is 11.4. The molecule has 0 aliphatic carbocycles. The van der Waals surface area contributed by atoms with Crippen LogP contribution in [-0.4, -0.2) is 38.0 Å². The summed E-state index contributed by atoms with van der Waals surface area (Å²) in [5, 5.41) is 13.3. The number of carbonyl (C=O) groups excluding carboxylic acids is 2. The van der Waals surface area contributed by atoms with Crippen molar-refractivity contribution >= 4 is 28.8 Å². The summed E-state index contributed by atoms with van der Waals surface area (Å²) in [5.74, 6) is 0.684. The lowest BCUT2D eigenvalue weighted by atomic mass is 10.1. The number of nitrogens with zero attached hydrogens (tertiary/aromatic N) is 4. The Kier molecular flexibility index (Phi) is 6.22. The zero-order valence-electron chi connectivity index (χ0n) is 18.3. The van der Waals surface area contributed by atoms with Crippen molar-refractivity contribution in [1.29, 1.82) is 0 Å². The molecule has 172 valence electrons. The van der Waals surface area contributed by atoms with E-state index in [4.69, 9.17) is 0 Å². The van der Waals surface area contributed by atoms with Crippen LogP contribution in [0.25, 0.3) is 11.4 Å². The number of anilines is 1. The smallest absolute Gasteiger partial charge is 0.224 e. The van der Waals surface area contributed by atoms with Crippen molar-refractivity contribution in [3.8, 4) is 11.4 Å². The second-order valence-corrected chi connectivity index (χ2v) is 9.58. The number of thiophene rings is 1. The lowest BCUT2D eigenvalue weighted by molar-refractivity contribution is -0.133. The van der Waals surface area contributed by atoms with Gasteiger partial charge >= 0.3 is 0 Å². The fourth-order valence-electron chi connectivity index (χ4n) is 4.51. The van der Waals surface area contributed by atoms with E-state index < -0.39 is 5.82 Å². The van der Waals surface area contributed by atoms with Crippen molar-refractivity contribution in [3.63, 3.8) is 0 Å². The van der Waals surface area contributed by atoms with Crippen LogP contribution in [0.1, 0.15) is 48.4 Å². The first-order chi connectivity index (χ1) is 16.1. The third-order valence-electron chi connectivity index (χ3n) is 6.33. The van der Waals surface area contributed by atoms with Crippen molar-refractivity contribution in [2.75, 3.05) is 11.9 Å². The molecule has 0 atom stereocenters. The van der Waals surface area contributed by atoms with Crippen LogP contribution >= 0.6 is 11.3 Å². The molecule has 0 saturated carbocycles. The Balaban J connectivity index is 1.22. The third kappa shape index (κ3) is 4.68. The zero-order chi connectivity index (χ0) is 22.8. The van der Waals surface area contributed by atoms with Crippen LogP contribution in [0.3, 0.4) is 0 Å². The van der Waals surface area contributed by atoms with Crippen molar-refractivity contribution in [2.45, 2.75) is 58.0 Å². The van der Waals surface area contributed by atoms with Gasteiger partial charge in [0.25, 0.3) is 0 Å². The molecule has 5 rings (SSSR count). The molecule has 0 fully saturated rings. The van der Waals surface area contributed by atoms with E-state index in [2.05, 4.69) is 26.1 Å². The number of benzene rings is 1. The van der Waals surface area contributed by atoms with Gasteiger partial charge in [0.1, 0.15) is 11.6 Å². The minimum Gasteiger partial charge on any atom is -0.338 e. The number of amides is 2. The molecule has 2 aromatic heterocycles. The summed E-state index contributed by atoms with van der Waals surface area (Å²) in [6.07, 6.45) is 5.15. The number of halogens is 1. The summed E-state index contributed by atoms with van der Waals surface area (Å²) in [6.45, 7) is 2.11. The second kappa shape index (κ2) is 9.43. The molecular formula is C24H26FN5O2S. The topological polar surface area (TPSA) is 80.1 Å². The Labute approximate surface area is 195 Å². The van der Waals surface area contributed by atoms with Gasteiger partial charge in [-0.25, -0.2) is 4.39 Å². The standard InChI is InChI=1S/C24H26FN5O2S/c25-18-6-5-16(24-28-27-21-4-2-1-3-11-30(21)24)14-19(18)26-22(31)7-8-23(32)29-12-9-20-17(15-29)10-13-33-20/h5-6,10,13-14H,1-4,7-9,11-12,15H2,(H,26,31). The van der Waals surface area contributed by atoms with Crippen LogP contribution in [0, 0.1) is 5.82 Å². The molecule has 9 heteroatoms. The molecule has 0 unspecified atom stereocenters. The fraction of sp³-hybridized carbons (Fsp3) is 0.417. The first-order valence-corrected chi connectivity index (χ1v) is 12.3. The number of rotatable bonds is 5. The van der Waals surface area contributed by atoms with Crippen LogP contribution < -0.4 is 5.32 Å². The van der Waals surface area contributed by atoms with Crippen LogP contribution in [0.4, 0.5) is 10.1 Å². The molecule has 4 heterocycles. The van der Waals surface area contributed by atoms with Gasteiger partial charge in [0.05, 0.1) is 5.69 Å². The van der Waals surface area contributed by atoms with Gasteiger partial charge in [-0.3, -0.25) is 9.59 Å². The summed E-state index contributed by atoms with van der Waals surface area (Å²) >= 11 is 1.72. The molecule has 7 nitrogen and oxygen atoms in total. The predicted octanol–water partition coefficient (Wildman–Crippen LogP) is 4.18. The maximum Gasteiger partial charge on any atom is 0.224 e. The van der Waals surface area contributed by atoms with E-state index in [1.54, 1.807) is 28.4 Å². The van der Waals surface area contributed by atoms with Gasteiger partial charge < -0.3 is 14.8 Å². The van der Waals surface area contributed by atoms with Crippen molar-refractivity contribution < 1.29 is 14.0 Å². The Morgan fingerprint density at radius 1 is 1.06 bits per heavy atom. The maximum atomic E-state index is 14.4. The second-order valence-electron chi connectivity index (χ2n) is 8.58. The maximum absolute atomic E-state index is 14.4. The number of hydrogen-bond donors (Lipinski definition) is 1. The number of aryl methyl sites for hydroxylation is 1. The summed E-state index contributed by atoms with van der Waals surface area (Å²) in [5.41, 5.74) is 1.99. The van der Waals surface area contributed by atoms with Crippen LogP contribution in [-0.2, 0) is 35.5 Å². The highest BCUT2D eigenvalue weighted by molar-refractivity contribution is 7.10. The minimum absolute atomic E-state index is 0.00975. The Hall–Kier alpha value is -3.07. The van der Waals surface area contributed by atoms with Crippen molar-refractivity contribution in [3.05, 3.63) is 51.7 Å². The van der Waals surface area contributed by atoms with Gasteiger partial charge in [-0.15, -0.1) is 21.5 Å². The molecule has 1 N–H and O–H groups in total. The highest BCUT2D eigenvalue weighted by Gasteiger charge is 2.22. The highest BCUT2D eigenvalue weighted by Crippen LogP contribution is 2.27. The van der Waals surface area contributed by atoms with Crippen molar-refractivity contribution in [1.82, 2.24) is 19.7 Å². The Bertz CT molecular complexity index is 1190. The third-order valence-corrected chi connectivity index (χ3v) is 7.36. The summed E-state index contributed by atoms with van der Waals surface area (Å²) < 4.78 is 16.5. The van der Waals surface area contributed by atoms with Gasteiger partial charge in [-0.2, -0.15) is 0 Å². The molecule has 3 aromatic rings. The number of hydrogen-bond acceptors (Lipinski definition) is 5. The fourth-order valence-corrected chi connectivity index (χ4v) is 5.40. The van der Waals surface area contributed by atoms with Gasteiger partial charge in [-0.1, -0.05) is 6.42 Å². The molecule has 2 aliphatic rings. The van der Waals surface area contributed by atoms with Gasteiger partial charge in [-0.05, 0) is 54.5 Å². The lowest BCUT2D eigenvalue weighted by Crippen LogP contribution is -2.35. The van der Waals surface area contributed by atoms with E-state index in [-0.39, 0.29) is 30.3 Å². The predicted molar refractivity (Wildman–Crippen MR) is 124 cm³/mol. The molecule has 2 amide bonds. The number of nitrogens with one attached hydrogen (secondary N) is 1. The van der Waals surface area contributed by atoms with E-state index in [1.807, 2.05) is 5.38 Å². The highest BCUT2D eigenvalue weighted by atomic mass is 32.1. The minimum atomic E-state index is -0.518. The first kappa shape index (κ1) is 21.8. The SMILES string of the molecule is O=C(CCC(=O)N1CCc2sccc2C1)Nc1cc(-c2nnc3n2CCCCC3)ccc1F. The molecule has 0 radical (unpaired) electrons. The monoisotopic (exact) mass is 467 g/mol. The summed E-state index contributed by atoms with van der Waals surface area (Å²) in [7, 11) is 0. The van der Waals surface area contributed by atoms with Gasteiger partial charge in [0.15, 0.2) is 5.82 Å². The van der Waals surface area contributed by atoms with E-state index in [0.29, 0.717) is 24.5 Å². The molecule has 1 aromatic carbocycles. The average Bonchev–Trinajstić information content (AvgIpc) is 3.39. The Morgan fingerprint density at radius 2 is 1.97 bits per heavy atom. The molecule has 33 heavy (non-hydrogen) atoms. The Morgan fingerprint density at radius 3 is 2.88 bits per heavy atom. The molecule has 0 bridgehead atoms. The van der Waals surface area contributed by atoms with Crippen LogP contribution in [0.5, 0.6) is 0 Å². The van der Waals surface area contributed by atoms with Gasteiger partial charge in [0, 0.05) is 49.3 Å². The lowest BCUT2D eigenvalue weighted by Gasteiger charge is -2.27. The normalized spacial score (nSPS) is 15.5. The van der Waals surface area contributed by atoms with E-state index in [0.717, 1.165) is 44.5 Å². The van der Waals surface area contributed by atoms with E-state index >= 15 is 0 Å². The van der Waals surface area contributed by atoms with Crippen LogP contribution in [0.2, 0.25) is 0 Å². The largest absolute Gasteiger partial charge is 0.338 e. The van der Waals surface area contributed by atoms with Gasteiger partial charge in [0.2, 0.25) is 11.8 Å². The van der Waals surface area contributed by atoms with E-state index in [1.165, 1.54) is 16.5 Å². The molecule has 2 aliphatic heterocycles. The zero-order valence-corrected chi connectivity index (χ0v) is 19.2. The molecule has 0 saturated heterocycles. The summed E-state index contributed by atoms with van der Waals surface area (Å²) in [4.78, 5) is 28.2. The average molecular weight is 468 g/mol. The number of fused-ring (bicyclic) bond motifs is 2. The quantitative estimate of drug-likeness (QED) is 0.611. The van der Waals surface area contributed by atoms with Crippen molar-refractivity contribution in [2.24, 2.45) is 0 Å². The number of carbonyl (C=O) groups is 2. The summed E-state index contributed by atoms with van der Waals surface area (Å²) in [6, 6.07) is 6.64. The van der Waals surface area contributed by atoms with E-state index in [9.17, 15) is 14.0 Å². The number of aromatic nitrogens is 3. The molecular weight excluding hydrogens is 441 g/mol. The van der Waals surface area contributed by atoms with Crippen LogP contribution in [0.15, 0.2) is 29.6 Å².